The molecule has 0 aliphatic carbocycles. The SMILES string of the molecule is COc1ccc(Op2[nH][pH]npn2C(F)(F)C(F)(F)F)cc1. The highest BCUT2D eigenvalue weighted by Gasteiger charge is 2.61. The van der Waals surface area contributed by atoms with Gasteiger partial charge in [0.05, 0.1) is 7.11 Å². The summed E-state index contributed by atoms with van der Waals surface area (Å²) >= 11 is 0. The van der Waals surface area contributed by atoms with Crippen LogP contribution < -0.4 is 9.26 Å². The summed E-state index contributed by atoms with van der Waals surface area (Å²) in [5.74, 6) is 0.647. The zero-order valence-electron chi connectivity index (χ0n) is 10.8. The van der Waals surface area contributed by atoms with Gasteiger partial charge in [-0.05, 0) is 24.3 Å². The first kappa shape index (κ1) is 17.1. The molecule has 122 valence electrons. The van der Waals surface area contributed by atoms with Crippen molar-refractivity contribution in [1.82, 2.24) is 13.1 Å². The highest BCUT2D eigenvalue weighted by atomic mass is 31.2. The molecule has 1 heterocycles. The lowest BCUT2D eigenvalue weighted by molar-refractivity contribution is -0.316. The van der Waals surface area contributed by atoms with Gasteiger partial charge in [0.25, 0.3) is 0 Å². The number of aromatic nitrogens is 3. The van der Waals surface area contributed by atoms with Crippen molar-refractivity contribution in [1.29, 1.82) is 0 Å². The molecule has 0 saturated carbocycles. The summed E-state index contributed by atoms with van der Waals surface area (Å²) < 4.78 is 80.5. The summed E-state index contributed by atoms with van der Waals surface area (Å²) in [6.07, 6.45) is -5.72. The van der Waals surface area contributed by atoms with Crippen LogP contribution in [-0.2, 0) is 6.05 Å². The van der Waals surface area contributed by atoms with Crippen molar-refractivity contribution in [2.45, 2.75) is 12.2 Å². The largest absolute Gasteiger partial charge is 0.497 e. The molecular weight excluding hydrogens is 370 g/mol. The number of halogens is 5. The van der Waals surface area contributed by atoms with Gasteiger partial charge in [-0.3, -0.25) is 4.51 Å². The van der Waals surface area contributed by atoms with Crippen LogP contribution >= 0.6 is 25.1 Å². The van der Waals surface area contributed by atoms with E-state index in [1.807, 2.05) is 0 Å². The third kappa shape index (κ3) is 3.57. The van der Waals surface area contributed by atoms with Gasteiger partial charge in [0.1, 0.15) is 20.0 Å². The monoisotopic (exact) mass is 379 g/mol. The minimum absolute atomic E-state index is 0.143. The molecule has 2 rings (SSSR count). The second-order valence-electron chi connectivity index (χ2n) is 3.78. The Kier molecular flexibility index (Phi) is 5.05. The lowest BCUT2D eigenvalue weighted by Gasteiger charge is -2.23. The van der Waals surface area contributed by atoms with Crippen molar-refractivity contribution < 1.29 is 31.2 Å². The van der Waals surface area contributed by atoms with Crippen LogP contribution in [-0.4, -0.2) is 26.4 Å². The van der Waals surface area contributed by atoms with E-state index in [9.17, 15) is 22.0 Å². The highest BCUT2D eigenvalue weighted by molar-refractivity contribution is 7.51. The highest BCUT2D eigenvalue weighted by Crippen LogP contribution is 2.47. The number of nitrogens with one attached hydrogen (secondary N) is 1. The molecule has 22 heavy (non-hydrogen) atoms. The lowest BCUT2D eigenvalue weighted by atomic mass is 10.3. The Balaban J connectivity index is 2.36. The molecule has 0 fully saturated rings. The van der Waals surface area contributed by atoms with Gasteiger partial charge in [0, 0.05) is 8.51 Å². The molecule has 0 aliphatic rings. The van der Waals surface area contributed by atoms with Crippen LogP contribution in [0.4, 0.5) is 22.0 Å². The molecule has 2 atom stereocenters. The van der Waals surface area contributed by atoms with E-state index in [1.54, 1.807) is 0 Å². The minimum atomic E-state index is -5.72. The van der Waals surface area contributed by atoms with Crippen molar-refractivity contribution in [3.63, 3.8) is 0 Å². The maximum atomic E-state index is 13.5. The lowest BCUT2D eigenvalue weighted by Crippen LogP contribution is -2.38. The second kappa shape index (κ2) is 6.49. The van der Waals surface area contributed by atoms with Crippen LogP contribution in [0.15, 0.2) is 24.3 Å². The molecule has 0 aliphatic heterocycles. The standard InChI is InChI=1S/C9H9F5N3O2P3/c1-18-6-2-4-7(5-3-6)19-22-16-20-15-21-17(22)9(13,14)8(10,11)12/h2-5,16,20H,1H3. The van der Waals surface area contributed by atoms with Crippen molar-refractivity contribution in [3.8, 4) is 11.5 Å². The van der Waals surface area contributed by atoms with E-state index in [0.29, 0.717) is 5.75 Å². The molecule has 2 unspecified atom stereocenters. The third-order valence-electron chi connectivity index (χ3n) is 2.34. The Labute approximate surface area is 125 Å². The van der Waals surface area contributed by atoms with Gasteiger partial charge in [-0.15, -0.1) is 0 Å². The predicted molar refractivity (Wildman–Crippen MR) is 74.2 cm³/mol. The van der Waals surface area contributed by atoms with Crippen molar-refractivity contribution in [2.24, 2.45) is 0 Å². The number of benzene rings is 1. The van der Waals surface area contributed by atoms with Gasteiger partial charge in [-0.1, -0.05) is 0 Å². The summed E-state index contributed by atoms with van der Waals surface area (Å²) in [6.45, 7) is 0. The van der Waals surface area contributed by atoms with Crippen LogP contribution in [0.5, 0.6) is 11.5 Å². The summed E-state index contributed by atoms with van der Waals surface area (Å²) in [5, 5.41) is 0. The summed E-state index contributed by atoms with van der Waals surface area (Å²) in [4.78, 5) is 0. The molecular formula is C9H9F5N3O2P3. The van der Waals surface area contributed by atoms with Crippen LogP contribution in [0.2, 0.25) is 0 Å². The maximum absolute atomic E-state index is 13.5. The number of aromatic amines is 1. The van der Waals surface area contributed by atoms with Crippen molar-refractivity contribution in [3.05, 3.63) is 24.3 Å². The van der Waals surface area contributed by atoms with Gasteiger partial charge in [0.15, 0.2) is 0 Å². The Morgan fingerprint density at radius 1 is 1.18 bits per heavy atom. The number of methoxy groups -OCH3 is 1. The predicted octanol–water partition coefficient (Wildman–Crippen LogP) is 4.90. The topological polar surface area (TPSA) is 52.1 Å². The fourth-order valence-electron chi connectivity index (χ4n) is 1.30. The number of hydrogen-bond donors (Lipinski definition) is 1. The molecule has 0 radical (unpaired) electrons. The first-order valence-corrected chi connectivity index (χ1v) is 8.50. The smallest absolute Gasteiger partial charge is 0.476 e. The molecule has 1 aromatic carbocycles. The zero-order chi connectivity index (χ0) is 16.4. The Hall–Kier alpha value is -1.23. The van der Waals surface area contributed by atoms with E-state index >= 15 is 0 Å². The number of nitrogens with zero attached hydrogens (tertiary/aromatic N) is 2. The zero-order valence-corrected chi connectivity index (χ0v) is 13.6. The van der Waals surface area contributed by atoms with E-state index in [4.69, 9.17) is 9.26 Å². The molecule has 1 aromatic heterocycles. The van der Waals surface area contributed by atoms with Crippen molar-refractivity contribution in [2.75, 3.05) is 7.11 Å². The molecule has 1 N–H and O–H groups in total. The van der Waals surface area contributed by atoms with Gasteiger partial charge in [-0.2, -0.15) is 30.6 Å². The van der Waals surface area contributed by atoms with Crippen LogP contribution in [0, 0.1) is 0 Å². The third-order valence-corrected chi connectivity index (χ3v) is 6.39. The summed E-state index contributed by atoms with van der Waals surface area (Å²) in [7, 11) is -1.77. The van der Waals surface area contributed by atoms with Gasteiger partial charge in [0.2, 0.25) is 8.08 Å². The van der Waals surface area contributed by atoms with E-state index in [2.05, 4.69) is 9.02 Å². The normalized spacial score (nSPS) is 13.6. The number of hydrogen-bond acceptors (Lipinski definition) is 3. The first-order valence-electron chi connectivity index (χ1n) is 5.54. The van der Waals surface area contributed by atoms with E-state index in [-0.39, 0.29) is 18.4 Å². The molecule has 2 aromatic rings. The second-order valence-corrected chi connectivity index (χ2v) is 7.72. The molecule has 0 saturated heterocycles. The summed E-state index contributed by atoms with van der Waals surface area (Å²) in [5.41, 5.74) is 0. The maximum Gasteiger partial charge on any atom is 0.476 e. The fraction of sp³-hybridized carbons (Fsp3) is 0.333. The van der Waals surface area contributed by atoms with Gasteiger partial charge < -0.3 is 9.26 Å². The Bertz CT molecular complexity index is 656. The minimum Gasteiger partial charge on any atom is -0.497 e. The average molecular weight is 379 g/mol. The van der Waals surface area contributed by atoms with E-state index < -0.39 is 28.8 Å². The molecule has 0 amide bonds. The number of H-pyrrole nitrogens is 1. The van der Waals surface area contributed by atoms with E-state index in [0.717, 1.165) is 0 Å². The van der Waals surface area contributed by atoms with E-state index in [1.165, 1.54) is 31.4 Å². The quantitative estimate of drug-likeness (QED) is 0.770. The number of alkyl halides is 5. The average Bonchev–Trinajstić information content (AvgIpc) is 2.47. The first-order chi connectivity index (χ1) is 10.3. The Morgan fingerprint density at radius 2 is 1.77 bits per heavy atom. The van der Waals surface area contributed by atoms with Crippen LogP contribution in [0.1, 0.15) is 0 Å². The number of rotatable bonds is 4. The van der Waals surface area contributed by atoms with Crippen LogP contribution in [0.25, 0.3) is 0 Å². The van der Waals surface area contributed by atoms with Crippen molar-refractivity contribution >= 4 is 25.1 Å². The van der Waals surface area contributed by atoms with Crippen LogP contribution in [0.3, 0.4) is 0 Å². The van der Waals surface area contributed by atoms with Gasteiger partial charge >= 0.3 is 12.2 Å². The van der Waals surface area contributed by atoms with Gasteiger partial charge in [-0.25, -0.2) is 0 Å². The fourth-order valence-corrected chi connectivity index (χ4v) is 5.43. The molecule has 0 bridgehead atoms. The molecule has 13 heteroatoms. The number of ether oxygens (including phenoxy) is 1. The molecule has 0 spiro atoms. The molecule has 5 nitrogen and oxygen atoms in total. The summed E-state index contributed by atoms with van der Waals surface area (Å²) in [6, 6.07) is 0.793. The Morgan fingerprint density at radius 3 is 2.32 bits per heavy atom.